The zero-order chi connectivity index (χ0) is 14.7. The highest BCUT2D eigenvalue weighted by Crippen LogP contribution is 2.24. The van der Waals surface area contributed by atoms with Gasteiger partial charge in [0.2, 0.25) is 0 Å². The van der Waals surface area contributed by atoms with Crippen LogP contribution in [0.5, 0.6) is 5.75 Å². The lowest BCUT2D eigenvalue weighted by Gasteiger charge is -2.08. The maximum absolute atomic E-state index is 13.2. The van der Waals surface area contributed by atoms with Gasteiger partial charge in [0.15, 0.2) is 0 Å². The topological polar surface area (TPSA) is 46.5 Å². The summed E-state index contributed by atoms with van der Waals surface area (Å²) in [7, 11) is 0. The standard InChI is InChI=1S/C14H9Br2FO3/c15-9-3-8(4-10(17)5-9)7-20-11-1-2-13(16)12(6-11)14(18)19/h1-6H,7H2,(H,18,19). The molecule has 2 aromatic carbocycles. The lowest BCUT2D eigenvalue weighted by molar-refractivity contribution is 0.0695. The van der Waals surface area contributed by atoms with Gasteiger partial charge >= 0.3 is 5.97 Å². The molecule has 0 saturated heterocycles. The summed E-state index contributed by atoms with van der Waals surface area (Å²) >= 11 is 6.35. The second kappa shape index (κ2) is 6.37. The van der Waals surface area contributed by atoms with Crippen LogP contribution in [0, 0.1) is 5.82 Å². The van der Waals surface area contributed by atoms with Crippen LogP contribution in [0.15, 0.2) is 45.3 Å². The molecule has 2 rings (SSSR count). The van der Waals surface area contributed by atoms with Crippen LogP contribution in [-0.4, -0.2) is 11.1 Å². The van der Waals surface area contributed by atoms with E-state index >= 15 is 0 Å². The Hall–Kier alpha value is -1.40. The predicted molar refractivity (Wildman–Crippen MR) is 79.5 cm³/mol. The minimum absolute atomic E-state index is 0.114. The molecule has 0 aliphatic rings. The SMILES string of the molecule is O=C(O)c1cc(OCc2cc(F)cc(Br)c2)ccc1Br. The molecule has 0 fully saturated rings. The largest absolute Gasteiger partial charge is 0.489 e. The fourth-order valence-corrected chi connectivity index (χ4v) is 2.55. The Morgan fingerprint density at radius 3 is 2.60 bits per heavy atom. The Balaban J connectivity index is 2.14. The number of hydrogen-bond acceptors (Lipinski definition) is 2. The molecule has 0 saturated carbocycles. The van der Waals surface area contributed by atoms with E-state index in [1.807, 2.05) is 0 Å². The third-order valence-corrected chi connectivity index (χ3v) is 3.65. The third-order valence-electron chi connectivity index (χ3n) is 2.50. The number of carboxylic acids is 1. The molecule has 0 bridgehead atoms. The minimum Gasteiger partial charge on any atom is -0.489 e. The van der Waals surface area contributed by atoms with Gasteiger partial charge in [0, 0.05) is 8.95 Å². The summed E-state index contributed by atoms with van der Waals surface area (Å²) < 4.78 is 19.8. The molecular weight excluding hydrogens is 395 g/mol. The number of benzene rings is 2. The molecule has 0 spiro atoms. The van der Waals surface area contributed by atoms with Crippen LogP contribution in [0.1, 0.15) is 15.9 Å². The van der Waals surface area contributed by atoms with Crippen molar-refractivity contribution in [3.8, 4) is 5.75 Å². The van der Waals surface area contributed by atoms with Gasteiger partial charge in [-0.25, -0.2) is 9.18 Å². The van der Waals surface area contributed by atoms with Crippen molar-refractivity contribution < 1.29 is 19.0 Å². The van der Waals surface area contributed by atoms with Crippen molar-refractivity contribution in [1.82, 2.24) is 0 Å². The molecule has 0 heterocycles. The van der Waals surface area contributed by atoms with Gasteiger partial charge in [0.1, 0.15) is 18.2 Å². The number of aromatic carboxylic acids is 1. The molecule has 1 N–H and O–H groups in total. The summed E-state index contributed by atoms with van der Waals surface area (Å²) in [4.78, 5) is 11.0. The van der Waals surface area contributed by atoms with Gasteiger partial charge < -0.3 is 9.84 Å². The molecule has 6 heteroatoms. The average Bonchev–Trinajstić information content (AvgIpc) is 2.36. The summed E-state index contributed by atoms with van der Waals surface area (Å²) in [6.07, 6.45) is 0. The summed E-state index contributed by atoms with van der Waals surface area (Å²) in [5.74, 6) is -0.998. The van der Waals surface area contributed by atoms with Crippen molar-refractivity contribution in [2.45, 2.75) is 6.61 Å². The van der Waals surface area contributed by atoms with Gasteiger partial charge in [-0.1, -0.05) is 15.9 Å². The van der Waals surface area contributed by atoms with E-state index in [9.17, 15) is 9.18 Å². The summed E-state index contributed by atoms with van der Waals surface area (Å²) in [5, 5.41) is 9.01. The van der Waals surface area contributed by atoms with Crippen LogP contribution in [0.2, 0.25) is 0 Å². The molecule has 2 aromatic rings. The molecule has 0 radical (unpaired) electrons. The fraction of sp³-hybridized carbons (Fsp3) is 0.0714. The van der Waals surface area contributed by atoms with E-state index in [0.717, 1.165) is 0 Å². The predicted octanol–water partition coefficient (Wildman–Crippen LogP) is 4.63. The number of ether oxygens (including phenoxy) is 1. The molecule has 0 amide bonds. The second-order valence-electron chi connectivity index (χ2n) is 4.01. The van der Waals surface area contributed by atoms with E-state index in [2.05, 4.69) is 31.9 Å². The second-order valence-corrected chi connectivity index (χ2v) is 5.78. The summed E-state index contributed by atoms with van der Waals surface area (Å²) in [5.41, 5.74) is 0.764. The van der Waals surface area contributed by atoms with E-state index in [4.69, 9.17) is 9.84 Å². The third kappa shape index (κ3) is 3.80. The van der Waals surface area contributed by atoms with E-state index in [1.165, 1.54) is 18.2 Å². The maximum Gasteiger partial charge on any atom is 0.336 e. The highest BCUT2D eigenvalue weighted by molar-refractivity contribution is 9.10. The maximum atomic E-state index is 13.2. The highest BCUT2D eigenvalue weighted by atomic mass is 79.9. The Morgan fingerprint density at radius 2 is 1.95 bits per heavy atom. The molecule has 0 aromatic heterocycles. The first kappa shape index (κ1) is 15.0. The van der Waals surface area contributed by atoms with Crippen molar-refractivity contribution in [2.24, 2.45) is 0 Å². The van der Waals surface area contributed by atoms with E-state index in [-0.39, 0.29) is 18.0 Å². The van der Waals surface area contributed by atoms with Crippen LogP contribution in [0.3, 0.4) is 0 Å². The van der Waals surface area contributed by atoms with Crippen molar-refractivity contribution in [1.29, 1.82) is 0 Å². The van der Waals surface area contributed by atoms with Crippen LogP contribution >= 0.6 is 31.9 Å². The first-order chi connectivity index (χ1) is 9.45. The smallest absolute Gasteiger partial charge is 0.336 e. The average molecular weight is 404 g/mol. The Labute approximate surface area is 131 Å². The van der Waals surface area contributed by atoms with Gasteiger partial charge in [-0.3, -0.25) is 0 Å². The van der Waals surface area contributed by atoms with Crippen molar-refractivity contribution in [3.05, 3.63) is 62.3 Å². The van der Waals surface area contributed by atoms with Gasteiger partial charge in [-0.05, 0) is 57.9 Å². The molecule has 0 aliphatic heterocycles. The number of hydrogen-bond donors (Lipinski definition) is 1. The lowest BCUT2D eigenvalue weighted by Crippen LogP contribution is -2.00. The van der Waals surface area contributed by atoms with E-state index < -0.39 is 5.97 Å². The quantitative estimate of drug-likeness (QED) is 0.809. The number of carbonyl (C=O) groups is 1. The zero-order valence-electron chi connectivity index (χ0n) is 10.1. The number of carboxylic acid groups (broad SMARTS) is 1. The molecular formula is C14H9Br2FO3. The molecule has 0 aliphatic carbocycles. The molecule has 3 nitrogen and oxygen atoms in total. The monoisotopic (exact) mass is 402 g/mol. The molecule has 20 heavy (non-hydrogen) atoms. The van der Waals surface area contributed by atoms with Gasteiger partial charge in [-0.2, -0.15) is 0 Å². The Bertz CT molecular complexity index is 639. The van der Waals surface area contributed by atoms with E-state index in [1.54, 1.807) is 18.2 Å². The van der Waals surface area contributed by atoms with Crippen molar-refractivity contribution in [2.75, 3.05) is 0 Å². The van der Waals surface area contributed by atoms with Crippen molar-refractivity contribution in [3.63, 3.8) is 0 Å². The van der Waals surface area contributed by atoms with Crippen molar-refractivity contribution >= 4 is 37.8 Å². The van der Waals surface area contributed by atoms with Crippen LogP contribution in [-0.2, 0) is 6.61 Å². The minimum atomic E-state index is -1.05. The summed E-state index contributed by atoms with van der Waals surface area (Å²) in [6, 6.07) is 9.11. The van der Waals surface area contributed by atoms with Gasteiger partial charge in [0.05, 0.1) is 5.56 Å². The van der Waals surface area contributed by atoms with E-state index in [0.29, 0.717) is 20.3 Å². The highest BCUT2D eigenvalue weighted by Gasteiger charge is 2.10. The molecule has 104 valence electrons. The van der Waals surface area contributed by atoms with Crippen LogP contribution in [0.4, 0.5) is 4.39 Å². The Kier molecular flexibility index (Phi) is 4.77. The van der Waals surface area contributed by atoms with Crippen LogP contribution < -0.4 is 4.74 Å². The molecule has 0 unspecified atom stereocenters. The zero-order valence-corrected chi connectivity index (χ0v) is 13.2. The fourth-order valence-electron chi connectivity index (χ4n) is 1.62. The normalized spacial score (nSPS) is 10.3. The first-order valence-corrected chi connectivity index (χ1v) is 7.15. The Morgan fingerprint density at radius 1 is 1.20 bits per heavy atom. The lowest BCUT2D eigenvalue weighted by atomic mass is 10.2. The number of rotatable bonds is 4. The van der Waals surface area contributed by atoms with Gasteiger partial charge in [0.25, 0.3) is 0 Å². The van der Waals surface area contributed by atoms with Crippen LogP contribution in [0.25, 0.3) is 0 Å². The van der Waals surface area contributed by atoms with Gasteiger partial charge in [-0.15, -0.1) is 0 Å². The summed E-state index contributed by atoms with van der Waals surface area (Å²) in [6.45, 7) is 0.150. The molecule has 0 atom stereocenters. The number of halogens is 3. The first-order valence-electron chi connectivity index (χ1n) is 5.56.